The van der Waals surface area contributed by atoms with Gasteiger partial charge in [-0.3, -0.25) is 0 Å². The number of aliphatic hydroxyl groups is 1. The minimum atomic E-state index is 0.250. The van der Waals surface area contributed by atoms with E-state index in [1.807, 2.05) is 0 Å². The average molecular weight is 158 g/mol. The summed E-state index contributed by atoms with van der Waals surface area (Å²) in [5.74, 6) is 0. The van der Waals surface area contributed by atoms with Crippen LogP contribution in [0.5, 0.6) is 0 Å². The van der Waals surface area contributed by atoms with Crippen LogP contribution >= 0.6 is 0 Å². The van der Waals surface area contributed by atoms with Crippen molar-refractivity contribution in [1.29, 1.82) is 5.26 Å². The summed E-state index contributed by atoms with van der Waals surface area (Å²) in [5, 5.41) is 15.7. The molecule has 0 aromatic heterocycles. The van der Waals surface area contributed by atoms with Crippen molar-refractivity contribution in [1.82, 2.24) is 0 Å². The number of nitrogens with two attached hydrogens (primary N) is 1. The molecule has 0 aromatic rings. The monoisotopic (exact) mass is 158 g/mol. The Morgan fingerprint density at radius 3 is 2.27 bits per heavy atom. The molecule has 0 unspecified atom stereocenters. The fraction of sp³-hybridized carbons (Fsp3) is 0.875. The minimum absolute atomic E-state index is 0.250. The molecule has 0 atom stereocenters. The van der Waals surface area contributed by atoms with Crippen molar-refractivity contribution in [3.63, 3.8) is 0 Å². The lowest BCUT2D eigenvalue weighted by molar-refractivity contribution is 0.318. The van der Waals surface area contributed by atoms with Crippen LogP contribution < -0.4 is 5.73 Å². The van der Waals surface area contributed by atoms with E-state index in [9.17, 15) is 0 Å². The van der Waals surface area contributed by atoms with Gasteiger partial charge in [0.15, 0.2) is 0 Å². The highest BCUT2D eigenvalue weighted by Crippen LogP contribution is 1.95. The van der Waals surface area contributed by atoms with Gasteiger partial charge in [0.05, 0.1) is 6.07 Å². The van der Waals surface area contributed by atoms with E-state index >= 15 is 0 Å². The van der Waals surface area contributed by atoms with Crippen LogP contribution in [0.1, 0.15) is 32.6 Å². The third kappa shape index (κ3) is 26.6. The van der Waals surface area contributed by atoms with Crippen molar-refractivity contribution in [2.24, 2.45) is 5.73 Å². The maximum atomic E-state index is 8.08. The van der Waals surface area contributed by atoms with Crippen LogP contribution in [0, 0.1) is 11.3 Å². The molecule has 0 heterocycles. The van der Waals surface area contributed by atoms with Crippen LogP contribution in [0.4, 0.5) is 0 Å². The van der Waals surface area contributed by atoms with E-state index < -0.39 is 0 Å². The van der Waals surface area contributed by atoms with Gasteiger partial charge in [-0.05, 0) is 26.3 Å². The Morgan fingerprint density at radius 2 is 1.91 bits per heavy atom. The zero-order valence-corrected chi connectivity index (χ0v) is 7.21. The van der Waals surface area contributed by atoms with Gasteiger partial charge in [0, 0.05) is 13.0 Å². The van der Waals surface area contributed by atoms with Crippen LogP contribution in [-0.4, -0.2) is 18.3 Å². The number of hydrogen-bond acceptors (Lipinski definition) is 3. The number of nitrogens with zero attached hydrogens (tertiary/aromatic N) is 1. The molecule has 11 heavy (non-hydrogen) atoms. The maximum absolute atomic E-state index is 8.08. The molecule has 0 aromatic carbocycles. The van der Waals surface area contributed by atoms with Gasteiger partial charge < -0.3 is 10.8 Å². The normalized spacial score (nSPS) is 7.82. The Balaban J connectivity index is 0. The lowest BCUT2D eigenvalue weighted by Crippen LogP contribution is -1.97. The van der Waals surface area contributed by atoms with Gasteiger partial charge in [-0.1, -0.05) is 6.42 Å². The van der Waals surface area contributed by atoms with Gasteiger partial charge in [0.1, 0.15) is 0 Å². The number of nitriles is 1. The van der Waals surface area contributed by atoms with Crippen LogP contribution in [0.2, 0.25) is 0 Å². The van der Waals surface area contributed by atoms with Crippen LogP contribution in [-0.2, 0) is 0 Å². The van der Waals surface area contributed by atoms with Crippen molar-refractivity contribution in [3.05, 3.63) is 0 Å². The lowest BCUT2D eigenvalue weighted by Gasteiger charge is -1.89. The highest BCUT2D eigenvalue weighted by molar-refractivity contribution is 4.67. The fourth-order valence-corrected chi connectivity index (χ4v) is 0.525. The van der Waals surface area contributed by atoms with E-state index in [4.69, 9.17) is 16.1 Å². The summed E-state index contributed by atoms with van der Waals surface area (Å²) >= 11 is 0. The molecule has 0 fully saturated rings. The summed E-state index contributed by atoms with van der Waals surface area (Å²) in [6.07, 6.45) is 3.85. The average Bonchev–Trinajstić information content (AvgIpc) is 2.00. The van der Waals surface area contributed by atoms with E-state index in [1.54, 1.807) is 6.92 Å². The van der Waals surface area contributed by atoms with E-state index in [0.717, 1.165) is 25.8 Å². The molecule has 3 heteroatoms. The first-order valence-corrected chi connectivity index (χ1v) is 4.01. The topological polar surface area (TPSA) is 70.0 Å². The summed E-state index contributed by atoms with van der Waals surface area (Å²) in [4.78, 5) is 0. The second-order valence-electron chi connectivity index (χ2n) is 2.07. The second-order valence-corrected chi connectivity index (χ2v) is 2.07. The zero-order chi connectivity index (χ0) is 8.95. The van der Waals surface area contributed by atoms with Gasteiger partial charge >= 0.3 is 0 Å². The van der Waals surface area contributed by atoms with Gasteiger partial charge in [-0.2, -0.15) is 5.26 Å². The maximum Gasteiger partial charge on any atom is 0.0621 e. The molecule has 66 valence electrons. The summed E-state index contributed by atoms with van der Waals surface area (Å²) in [7, 11) is 0. The standard InChI is InChI=1S/C6H12N2.C2H6O/c7-5-3-1-2-4-6-8;1-2-3/h1-5,7H2;3H,2H2,1H3. The van der Waals surface area contributed by atoms with E-state index in [2.05, 4.69) is 6.07 Å². The van der Waals surface area contributed by atoms with Crippen molar-refractivity contribution in [2.75, 3.05) is 13.2 Å². The first-order chi connectivity index (χ1) is 5.33. The smallest absolute Gasteiger partial charge is 0.0621 e. The third-order valence-electron chi connectivity index (χ3n) is 0.993. The fourth-order valence-electron chi connectivity index (χ4n) is 0.525. The highest BCUT2D eigenvalue weighted by Gasteiger charge is 1.83. The number of rotatable bonds is 4. The predicted molar refractivity (Wildman–Crippen MR) is 45.9 cm³/mol. The van der Waals surface area contributed by atoms with Crippen LogP contribution in [0.15, 0.2) is 0 Å². The molecule has 0 spiro atoms. The molecule has 3 nitrogen and oxygen atoms in total. The Morgan fingerprint density at radius 1 is 1.36 bits per heavy atom. The van der Waals surface area contributed by atoms with Crippen molar-refractivity contribution < 1.29 is 5.11 Å². The van der Waals surface area contributed by atoms with Crippen LogP contribution in [0.3, 0.4) is 0 Å². The molecule has 0 rings (SSSR count). The van der Waals surface area contributed by atoms with Crippen molar-refractivity contribution in [3.8, 4) is 6.07 Å². The van der Waals surface area contributed by atoms with Crippen molar-refractivity contribution in [2.45, 2.75) is 32.6 Å². The van der Waals surface area contributed by atoms with E-state index in [-0.39, 0.29) is 6.61 Å². The Hall–Kier alpha value is -0.590. The molecule has 0 bridgehead atoms. The molecule has 0 saturated heterocycles. The van der Waals surface area contributed by atoms with E-state index in [0.29, 0.717) is 6.42 Å². The summed E-state index contributed by atoms with van der Waals surface area (Å²) in [6.45, 7) is 2.69. The predicted octanol–water partition coefficient (Wildman–Crippen LogP) is 1.03. The Kier molecular flexibility index (Phi) is 19.2. The lowest BCUT2D eigenvalue weighted by atomic mass is 10.2. The molecule has 0 aliphatic carbocycles. The molecule has 0 amide bonds. The molecule has 0 radical (unpaired) electrons. The zero-order valence-electron chi connectivity index (χ0n) is 7.21. The number of hydrogen-bond donors (Lipinski definition) is 2. The van der Waals surface area contributed by atoms with Gasteiger partial charge in [-0.15, -0.1) is 0 Å². The summed E-state index contributed by atoms with van der Waals surface area (Å²) in [6, 6.07) is 2.09. The van der Waals surface area contributed by atoms with Gasteiger partial charge in [-0.25, -0.2) is 0 Å². The van der Waals surface area contributed by atoms with Gasteiger partial charge in [0.25, 0.3) is 0 Å². The van der Waals surface area contributed by atoms with Crippen molar-refractivity contribution >= 4 is 0 Å². The quantitative estimate of drug-likeness (QED) is 0.600. The highest BCUT2D eigenvalue weighted by atomic mass is 16.2. The number of unbranched alkanes of at least 4 members (excludes halogenated alkanes) is 3. The Labute approximate surface area is 68.8 Å². The third-order valence-corrected chi connectivity index (χ3v) is 0.993. The van der Waals surface area contributed by atoms with E-state index in [1.165, 1.54) is 0 Å². The SMILES string of the molecule is CCO.N#CCCCCCN. The first kappa shape index (κ1) is 13.0. The molecule has 3 N–H and O–H groups in total. The molecule has 0 aliphatic heterocycles. The summed E-state index contributed by atoms with van der Waals surface area (Å²) in [5.41, 5.74) is 5.23. The molecule has 0 aliphatic rings. The minimum Gasteiger partial charge on any atom is -0.397 e. The molecular weight excluding hydrogens is 140 g/mol. The summed E-state index contributed by atoms with van der Waals surface area (Å²) < 4.78 is 0. The molecular formula is C8H18N2O. The first-order valence-electron chi connectivity index (χ1n) is 4.01. The number of aliphatic hydroxyl groups excluding tert-OH is 1. The molecule has 0 saturated carbocycles. The van der Waals surface area contributed by atoms with Gasteiger partial charge in [0.2, 0.25) is 0 Å². The second kappa shape index (κ2) is 16.2. The van der Waals surface area contributed by atoms with Crippen LogP contribution in [0.25, 0.3) is 0 Å². The Bertz CT molecular complexity index is 88.6. The largest absolute Gasteiger partial charge is 0.397 e.